The molecule has 0 aliphatic carbocycles. The van der Waals surface area contributed by atoms with Crippen LogP contribution in [0.3, 0.4) is 0 Å². The highest BCUT2D eigenvalue weighted by Crippen LogP contribution is 2.22. The molecule has 4 heteroatoms. The van der Waals surface area contributed by atoms with Gasteiger partial charge in [0.25, 0.3) is 0 Å². The van der Waals surface area contributed by atoms with Crippen LogP contribution >= 0.6 is 0 Å². The normalized spacial score (nSPS) is 23.9. The van der Waals surface area contributed by atoms with E-state index in [2.05, 4.69) is 10.6 Å². The van der Waals surface area contributed by atoms with Crippen molar-refractivity contribution >= 4 is 5.91 Å². The molecule has 0 saturated carbocycles. The second-order valence-electron chi connectivity index (χ2n) is 5.69. The molecule has 0 aromatic heterocycles. The molecule has 0 radical (unpaired) electrons. The summed E-state index contributed by atoms with van der Waals surface area (Å²) in [7, 11) is 1.65. The van der Waals surface area contributed by atoms with E-state index in [0.717, 1.165) is 37.1 Å². The number of methoxy groups -OCH3 is 1. The van der Waals surface area contributed by atoms with Gasteiger partial charge in [-0.3, -0.25) is 4.79 Å². The summed E-state index contributed by atoms with van der Waals surface area (Å²) in [5.41, 5.74) is 0.614. The van der Waals surface area contributed by atoms with Crippen molar-refractivity contribution in [2.45, 2.75) is 44.7 Å². The highest BCUT2D eigenvalue weighted by Gasteiger charge is 2.34. The van der Waals surface area contributed by atoms with Crippen LogP contribution in [0.15, 0.2) is 24.3 Å². The highest BCUT2D eigenvalue weighted by atomic mass is 16.5. The number of benzene rings is 1. The van der Waals surface area contributed by atoms with E-state index in [-0.39, 0.29) is 11.9 Å². The standard InChI is InChI=1S/C16H24N2O2/c1-12(13-7-6-8-14(11-13)20-3)18-15(19)16(2)9-4-5-10-17-16/h6-8,11-12,17H,4-5,9-10H2,1-3H3,(H,18,19)/t12-,16?/m0/s1. The molecule has 1 fully saturated rings. The van der Waals surface area contributed by atoms with E-state index in [9.17, 15) is 4.79 Å². The Morgan fingerprint density at radius 3 is 2.90 bits per heavy atom. The zero-order valence-electron chi connectivity index (χ0n) is 12.5. The Bertz CT molecular complexity index is 467. The zero-order valence-corrected chi connectivity index (χ0v) is 12.5. The molecule has 110 valence electrons. The van der Waals surface area contributed by atoms with Gasteiger partial charge in [-0.15, -0.1) is 0 Å². The van der Waals surface area contributed by atoms with E-state index in [4.69, 9.17) is 4.74 Å². The first-order valence-electron chi connectivity index (χ1n) is 7.25. The molecule has 20 heavy (non-hydrogen) atoms. The molecule has 1 aliphatic heterocycles. The van der Waals surface area contributed by atoms with Crippen molar-refractivity contribution in [3.63, 3.8) is 0 Å². The lowest BCUT2D eigenvalue weighted by atomic mass is 9.89. The van der Waals surface area contributed by atoms with Crippen molar-refractivity contribution in [1.82, 2.24) is 10.6 Å². The maximum atomic E-state index is 12.5. The summed E-state index contributed by atoms with van der Waals surface area (Å²) in [6, 6.07) is 7.78. The van der Waals surface area contributed by atoms with Gasteiger partial charge in [0.1, 0.15) is 5.75 Å². The van der Waals surface area contributed by atoms with Crippen LogP contribution in [0, 0.1) is 0 Å². The van der Waals surface area contributed by atoms with Gasteiger partial charge >= 0.3 is 0 Å². The number of nitrogens with one attached hydrogen (secondary N) is 2. The summed E-state index contributed by atoms with van der Waals surface area (Å²) in [6.07, 6.45) is 3.14. The molecule has 0 bridgehead atoms. The summed E-state index contributed by atoms with van der Waals surface area (Å²) in [5.74, 6) is 0.887. The van der Waals surface area contributed by atoms with Crippen LogP contribution in [-0.4, -0.2) is 25.1 Å². The van der Waals surface area contributed by atoms with Crippen LogP contribution < -0.4 is 15.4 Å². The number of piperidine rings is 1. The number of hydrogen-bond acceptors (Lipinski definition) is 3. The largest absolute Gasteiger partial charge is 0.497 e. The molecule has 2 rings (SSSR count). The average Bonchev–Trinajstić information content (AvgIpc) is 2.48. The average molecular weight is 276 g/mol. The Balaban J connectivity index is 2.02. The maximum Gasteiger partial charge on any atom is 0.240 e. The van der Waals surface area contributed by atoms with E-state index in [1.54, 1.807) is 7.11 Å². The monoisotopic (exact) mass is 276 g/mol. The molecular weight excluding hydrogens is 252 g/mol. The molecule has 0 spiro atoms. The molecule has 1 aromatic rings. The third-order valence-corrected chi connectivity index (χ3v) is 4.06. The number of carbonyl (C=O) groups is 1. The Morgan fingerprint density at radius 1 is 1.45 bits per heavy atom. The van der Waals surface area contributed by atoms with Crippen molar-refractivity contribution < 1.29 is 9.53 Å². The first-order valence-corrected chi connectivity index (χ1v) is 7.25. The quantitative estimate of drug-likeness (QED) is 0.888. The van der Waals surface area contributed by atoms with Gasteiger partial charge in [-0.1, -0.05) is 12.1 Å². The molecule has 1 unspecified atom stereocenters. The minimum Gasteiger partial charge on any atom is -0.497 e. The first-order chi connectivity index (χ1) is 9.55. The number of hydrogen-bond donors (Lipinski definition) is 2. The lowest BCUT2D eigenvalue weighted by molar-refractivity contribution is -0.128. The Morgan fingerprint density at radius 2 is 2.25 bits per heavy atom. The van der Waals surface area contributed by atoms with E-state index in [1.807, 2.05) is 38.1 Å². The molecule has 1 saturated heterocycles. The fourth-order valence-corrected chi connectivity index (χ4v) is 2.60. The van der Waals surface area contributed by atoms with Gasteiger partial charge in [-0.2, -0.15) is 0 Å². The predicted molar refractivity (Wildman–Crippen MR) is 79.8 cm³/mol. The van der Waals surface area contributed by atoms with Crippen molar-refractivity contribution in [3.05, 3.63) is 29.8 Å². The molecule has 1 aromatic carbocycles. The van der Waals surface area contributed by atoms with Gasteiger partial charge in [-0.25, -0.2) is 0 Å². The first kappa shape index (κ1) is 14.9. The summed E-state index contributed by atoms with van der Waals surface area (Å²) in [4.78, 5) is 12.5. The van der Waals surface area contributed by atoms with E-state index in [0.29, 0.717) is 0 Å². The summed E-state index contributed by atoms with van der Waals surface area (Å²) < 4.78 is 5.22. The SMILES string of the molecule is COc1cccc([C@H](C)NC(=O)C2(C)CCCCN2)c1. The number of rotatable bonds is 4. The van der Waals surface area contributed by atoms with Crippen LogP contribution in [0.25, 0.3) is 0 Å². The van der Waals surface area contributed by atoms with Crippen LogP contribution in [0.2, 0.25) is 0 Å². The van der Waals surface area contributed by atoms with Crippen molar-refractivity contribution in [2.75, 3.05) is 13.7 Å². The lowest BCUT2D eigenvalue weighted by Crippen LogP contribution is -2.57. The number of ether oxygens (including phenoxy) is 1. The number of carbonyl (C=O) groups excluding carboxylic acids is 1. The van der Waals surface area contributed by atoms with Gasteiger partial charge < -0.3 is 15.4 Å². The third kappa shape index (κ3) is 3.31. The highest BCUT2D eigenvalue weighted by molar-refractivity contribution is 5.86. The predicted octanol–water partition coefficient (Wildman–Crippen LogP) is 2.40. The van der Waals surface area contributed by atoms with Gasteiger partial charge in [0.05, 0.1) is 18.7 Å². The second-order valence-corrected chi connectivity index (χ2v) is 5.69. The smallest absolute Gasteiger partial charge is 0.240 e. The van der Waals surface area contributed by atoms with Crippen molar-refractivity contribution in [3.8, 4) is 5.75 Å². The van der Waals surface area contributed by atoms with Crippen molar-refractivity contribution in [2.24, 2.45) is 0 Å². The molecular formula is C16H24N2O2. The minimum atomic E-state index is -0.439. The Labute approximate surface area is 120 Å². The second kappa shape index (κ2) is 6.27. The fourth-order valence-electron chi connectivity index (χ4n) is 2.60. The van der Waals surface area contributed by atoms with Crippen LogP contribution in [-0.2, 0) is 4.79 Å². The van der Waals surface area contributed by atoms with Crippen molar-refractivity contribution in [1.29, 1.82) is 0 Å². The summed E-state index contributed by atoms with van der Waals surface area (Å²) in [5, 5.41) is 6.44. The minimum absolute atomic E-state index is 0.0295. The maximum absolute atomic E-state index is 12.5. The molecule has 1 aliphatic rings. The van der Waals surface area contributed by atoms with Gasteiger partial charge in [0.15, 0.2) is 0 Å². The Hall–Kier alpha value is -1.55. The Kier molecular flexibility index (Phi) is 4.65. The zero-order chi connectivity index (χ0) is 14.6. The molecule has 1 amide bonds. The van der Waals surface area contributed by atoms with Crippen LogP contribution in [0.5, 0.6) is 5.75 Å². The number of amides is 1. The van der Waals surface area contributed by atoms with E-state index in [1.165, 1.54) is 0 Å². The lowest BCUT2D eigenvalue weighted by Gasteiger charge is -2.34. The molecule has 1 heterocycles. The van der Waals surface area contributed by atoms with E-state index < -0.39 is 5.54 Å². The van der Waals surface area contributed by atoms with Crippen LogP contribution in [0.1, 0.15) is 44.7 Å². The molecule has 2 atom stereocenters. The third-order valence-electron chi connectivity index (χ3n) is 4.06. The molecule has 4 nitrogen and oxygen atoms in total. The topological polar surface area (TPSA) is 50.4 Å². The van der Waals surface area contributed by atoms with Gasteiger partial charge in [0, 0.05) is 0 Å². The van der Waals surface area contributed by atoms with Crippen LogP contribution in [0.4, 0.5) is 0 Å². The molecule has 2 N–H and O–H groups in total. The summed E-state index contributed by atoms with van der Waals surface area (Å²) >= 11 is 0. The summed E-state index contributed by atoms with van der Waals surface area (Å²) in [6.45, 7) is 4.90. The van der Waals surface area contributed by atoms with Gasteiger partial charge in [0.2, 0.25) is 5.91 Å². The van der Waals surface area contributed by atoms with Gasteiger partial charge in [-0.05, 0) is 57.4 Å². The fraction of sp³-hybridized carbons (Fsp3) is 0.562. The van der Waals surface area contributed by atoms with E-state index >= 15 is 0 Å².